The lowest BCUT2D eigenvalue weighted by atomic mass is 10.1. The summed E-state index contributed by atoms with van der Waals surface area (Å²) >= 11 is 6.32. The largest absolute Gasteiger partial charge is 0.345 e. The Morgan fingerprint density at radius 2 is 1.52 bits per heavy atom. The monoisotopic (exact) mass is 575 g/mol. The molecule has 0 aliphatic carbocycles. The second-order valence-corrected chi connectivity index (χ2v) is 11.7. The van der Waals surface area contributed by atoms with Gasteiger partial charge in [0, 0.05) is 5.02 Å². The van der Waals surface area contributed by atoms with E-state index in [1.165, 1.54) is 18.2 Å². The SMILES string of the molecule is Cc1ccc(S(=O)(=O)N(CC(=O)Nc2ccccc2C(=O)N[C@@H](C)c2ccccc2)c2ccc(C)c(Cl)c2)cc1. The minimum atomic E-state index is -4.13. The van der Waals surface area contributed by atoms with E-state index in [2.05, 4.69) is 10.6 Å². The zero-order chi connectivity index (χ0) is 28.9. The van der Waals surface area contributed by atoms with E-state index >= 15 is 0 Å². The van der Waals surface area contributed by atoms with Gasteiger partial charge in [0.15, 0.2) is 0 Å². The summed E-state index contributed by atoms with van der Waals surface area (Å²) in [7, 11) is -4.13. The molecule has 206 valence electrons. The van der Waals surface area contributed by atoms with Crippen molar-refractivity contribution in [2.75, 3.05) is 16.2 Å². The Morgan fingerprint density at radius 3 is 2.20 bits per heavy atom. The van der Waals surface area contributed by atoms with Crippen LogP contribution < -0.4 is 14.9 Å². The summed E-state index contributed by atoms with van der Waals surface area (Å²) in [5.74, 6) is -0.995. The van der Waals surface area contributed by atoms with Crippen LogP contribution in [-0.4, -0.2) is 26.8 Å². The molecule has 2 amide bonds. The van der Waals surface area contributed by atoms with E-state index in [9.17, 15) is 18.0 Å². The molecule has 0 aliphatic rings. The van der Waals surface area contributed by atoms with Crippen LogP contribution in [0.2, 0.25) is 5.02 Å². The highest BCUT2D eigenvalue weighted by atomic mass is 35.5. The molecular formula is C31H30ClN3O4S. The maximum atomic E-state index is 13.7. The number of carbonyl (C=O) groups is 2. The molecule has 1 atom stereocenters. The number of anilines is 2. The molecule has 2 N–H and O–H groups in total. The molecule has 0 heterocycles. The predicted octanol–water partition coefficient (Wildman–Crippen LogP) is 6.28. The average Bonchev–Trinajstić information content (AvgIpc) is 2.94. The Morgan fingerprint density at radius 1 is 0.875 bits per heavy atom. The van der Waals surface area contributed by atoms with Gasteiger partial charge < -0.3 is 10.6 Å². The van der Waals surface area contributed by atoms with Gasteiger partial charge in [-0.1, -0.05) is 77.8 Å². The van der Waals surface area contributed by atoms with E-state index in [-0.39, 0.29) is 33.8 Å². The van der Waals surface area contributed by atoms with E-state index in [4.69, 9.17) is 11.6 Å². The van der Waals surface area contributed by atoms with E-state index in [1.54, 1.807) is 55.5 Å². The quantitative estimate of drug-likeness (QED) is 0.245. The maximum absolute atomic E-state index is 13.7. The maximum Gasteiger partial charge on any atom is 0.264 e. The van der Waals surface area contributed by atoms with Crippen LogP contribution in [0.15, 0.2) is 102 Å². The summed E-state index contributed by atoms with van der Waals surface area (Å²) in [6, 6.07) is 27.0. The fourth-order valence-corrected chi connectivity index (χ4v) is 5.69. The fraction of sp³-hybridized carbons (Fsp3) is 0.161. The molecule has 4 aromatic carbocycles. The van der Waals surface area contributed by atoms with Crippen LogP contribution >= 0.6 is 11.6 Å². The van der Waals surface area contributed by atoms with Gasteiger partial charge in [0.2, 0.25) is 5.91 Å². The third-order valence-corrected chi connectivity index (χ3v) is 8.63. The van der Waals surface area contributed by atoms with Crippen LogP contribution in [0.3, 0.4) is 0 Å². The molecule has 0 unspecified atom stereocenters. The molecule has 9 heteroatoms. The molecule has 0 bridgehead atoms. The number of sulfonamides is 1. The smallest absolute Gasteiger partial charge is 0.264 e. The minimum Gasteiger partial charge on any atom is -0.345 e. The van der Waals surface area contributed by atoms with Crippen LogP contribution in [0.4, 0.5) is 11.4 Å². The predicted molar refractivity (Wildman–Crippen MR) is 159 cm³/mol. The summed E-state index contributed by atoms with van der Waals surface area (Å²) in [5, 5.41) is 6.04. The lowest BCUT2D eigenvalue weighted by Crippen LogP contribution is -2.38. The Labute approximate surface area is 239 Å². The number of hydrogen-bond donors (Lipinski definition) is 2. The normalized spacial score (nSPS) is 11.9. The first-order valence-electron chi connectivity index (χ1n) is 12.7. The summed E-state index contributed by atoms with van der Waals surface area (Å²) < 4.78 is 28.4. The van der Waals surface area contributed by atoms with Crippen molar-refractivity contribution in [1.82, 2.24) is 5.32 Å². The first-order chi connectivity index (χ1) is 19.1. The van der Waals surface area contributed by atoms with Crippen LogP contribution in [0, 0.1) is 13.8 Å². The number of benzene rings is 4. The topological polar surface area (TPSA) is 95.6 Å². The number of aryl methyl sites for hydroxylation is 2. The highest BCUT2D eigenvalue weighted by molar-refractivity contribution is 7.92. The lowest BCUT2D eigenvalue weighted by Gasteiger charge is -2.25. The highest BCUT2D eigenvalue weighted by Gasteiger charge is 2.28. The summed E-state index contributed by atoms with van der Waals surface area (Å²) in [6.07, 6.45) is 0. The van der Waals surface area contributed by atoms with Gasteiger partial charge in [-0.15, -0.1) is 0 Å². The van der Waals surface area contributed by atoms with Crippen LogP contribution in [0.25, 0.3) is 0 Å². The number of nitrogens with one attached hydrogen (secondary N) is 2. The zero-order valence-electron chi connectivity index (χ0n) is 22.4. The zero-order valence-corrected chi connectivity index (χ0v) is 24.0. The number of halogens is 1. The molecule has 0 radical (unpaired) electrons. The standard InChI is InChI=1S/C31H30ClN3O4S/c1-21-13-17-26(18-14-21)40(38,39)35(25-16-15-22(2)28(32)19-25)20-30(36)34-29-12-8-7-11-27(29)31(37)33-23(3)24-9-5-4-6-10-24/h4-19,23H,20H2,1-3H3,(H,33,37)(H,34,36)/t23-/m0/s1. The minimum absolute atomic E-state index is 0.0391. The van der Waals surface area contributed by atoms with Gasteiger partial charge in [0.1, 0.15) is 6.54 Å². The first kappa shape index (κ1) is 28.9. The Bertz CT molecular complexity index is 1620. The molecule has 0 aromatic heterocycles. The van der Waals surface area contributed by atoms with Crippen molar-refractivity contribution in [3.05, 3.63) is 124 Å². The van der Waals surface area contributed by atoms with Gasteiger partial charge in [-0.3, -0.25) is 13.9 Å². The Kier molecular flexibility index (Phi) is 8.92. The van der Waals surface area contributed by atoms with Gasteiger partial charge >= 0.3 is 0 Å². The van der Waals surface area contributed by atoms with Gasteiger partial charge in [-0.2, -0.15) is 0 Å². The second-order valence-electron chi connectivity index (χ2n) is 9.46. The number of hydrogen-bond acceptors (Lipinski definition) is 4. The van der Waals surface area contributed by atoms with Crippen LogP contribution in [0.1, 0.15) is 40.0 Å². The Hall–Kier alpha value is -4.14. The third-order valence-electron chi connectivity index (χ3n) is 6.43. The average molecular weight is 576 g/mol. The van der Waals surface area contributed by atoms with Gasteiger partial charge in [0.05, 0.1) is 27.9 Å². The van der Waals surface area contributed by atoms with E-state index < -0.39 is 22.5 Å². The first-order valence-corrected chi connectivity index (χ1v) is 14.5. The number of carbonyl (C=O) groups excluding carboxylic acids is 2. The molecule has 0 spiro atoms. The number of nitrogens with zero attached hydrogens (tertiary/aromatic N) is 1. The molecule has 7 nitrogen and oxygen atoms in total. The summed E-state index contributed by atoms with van der Waals surface area (Å²) in [6.45, 7) is 4.99. The van der Waals surface area contributed by atoms with Crippen molar-refractivity contribution in [3.63, 3.8) is 0 Å². The highest BCUT2D eigenvalue weighted by Crippen LogP contribution is 2.28. The van der Waals surface area contributed by atoms with Crippen molar-refractivity contribution in [1.29, 1.82) is 0 Å². The third kappa shape index (κ3) is 6.70. The van der Waals surface area contributed by atoms with Crippen LogP contribution in [-0.2, 0) is 14.8 Å². The van der Waals surface area contributed by atoms with E-state index in [0.29, 0.717) is 5.02 Å². The van der Waals surface area contributed by atoms with Crippen molar-refractivity contribution < 1.29 is 18.0 Å². The van der Waals surface area contributed by atoms with E-state index in [0.717, 1.165) is 21.0 Å². The molecule has 0 saturated heterocycles. The van der Waals surface area contributed by atoms with Gasteiger partial charge in [0.25, 0.3) is 15.9 Å². The summed E-state index contributed by atoms with van der Waals surface area (Å²) in [5.41, 5.74) is 3.37. The van der Waals surface area contributed by atoms with Crippen LogP contribution in [0.5, 0.6) is 0 Å². The van der Waals surface area contributed by atoms with Crippen molar-refractivity contribution in [2.45, 2.75) is 31.7 Å². The summed E-state index contributed by atoms with van der Waals surface area (Å²) in [4.78, 5) is 26.5. The lowest BCUT2D eigenvalue weighted by molar-refractivity contribution is -0.114. The molecular weight excluding hydrogens is 546 g/mol. The molecule has 40 heavy (non-hydrogen) atoms. The molecule has 0 fully saturated rings. The van der Waals surface area contributed by atoms with Gasteiger partial charge in [-0.25, -0.2) is 8.42 Å². The van der Waals surface area contributed by atoms with Crippen molar-refractivity contribution >= 4 is 44.8 Å². The number of amides is 2. The molecule has 4 aromatic rings. The number of rotatable bonds is 9. The number of para-hydroxylation sites is 1. The molecule has 4 rings (SSSR count). The molecule has 0 aliphatic heterocycles. The molecule has 0 saturated carbocycles. The second kappa shape index (κ2) is 12.4. The Balaban J connectivity index is 1.60. The van der Waals surface area contributed by atoms with Crippen molar-refractivity contribution in [3.8, 4) is 0 Å². The fourth-order valence-electron chi connectivity index (χ4n) is 4.10. The van der Waals surface area contributed by atoms with E-state index in [1.807, 2.05) is 44.2 Å². The van der Waals surface area contributed by atoms with Gasteiger partial charge in [-0.05, 0) is 68.3 Å². The van der Waals surface area contributed by atoms with Crippen molar-refractivity contribution in [2.24, 2.45) is 0 Å².